The Morgan fingerprint density at radius 3 is 2.76 bits per heavy atom. The lowest BCUT2D eigenvalue weighted by atomic mass is 10.1. The van der Waals surface area contributed by atoms with Gasteiger partial charge in [0.2, 0.25) is 12.7 Å². The second-order valence-electron chi connectivity index (χ2n) is 7.47. The number of carbonyl (C=O) groups is 1. The van der Waals surface area contributed by atoms with E-state index < -0.39 is 0 Å². The minimum atomic E-state index is 0.232. The van der Waals surface area contributed by atoms with E-state index >= 15 is 0 Å². The molecule has 0 N–H and O–H groups in total. The summed E-state index contributed by atoms with van der Waals surface area (Å²) < 4.78 is 11.1. The number of para-hydroxylation sites is 1. The van der Waals surface area contributed by atoms with Crippen molar-refractivity contribution in [3.8, 4) is 11.5 Å². The zero-order valence-electron chi connectivity index (χ0n) is 15.5. The molecule has 1 aromatic carbocycles. The molecular weight excluding hydrogens is 316 g/mol. The maximum Gasteiger partial charge on any atom is 0.231 e. The van der Waals surface area contributed by atoms with Crippen LogP contribution in [-0.2, 0) is 11.3 Å². The van der Waals surface area contributed by atoms with Crippen molar-refractivity contribution in [2.45, 2.75) is 46.1 Å². The van der Waals surface area contributed by atoms with Crippen molar-refractivity contribution in [2.75, 3.05) is 33.0 Å². The van der Waals surface area contributed by atoms with Gasteiger partial charge in [-0.25, -0.2) is 0 Å². The van der Waals surface area contributed by atoms with Crippen LogP contribution in [0.1, 0.15) is 45.1 Å². The number of amides is 1. The van der Waals surface area contributed by atoms with Gasteiger partial charge in [-0.1, -0.05) is 32.4 Å². The number of ether oxygens (including phenoxy) is 2. The lowest BCUT2D eigenvalue weighted by Gasteiger charge is -2.29. The molecule has 2 aliphatic rings. The molecular formula is C20H30N2O3. The van der Waals surface area contributed by atoms with Crippen LogP contribution in [-0.4, -0.2) is 48.7 Å². The van der Waals surface area contributed by atoms with Crippen molar-refractivity contribution in [3.63, 3.8) is 0 Å². The van der Waals surface area contributed by atoms with Crippen molar-refractivity contribution in [1.82, 2.24) is 9.80 Å². The molecule has 0 aliphatic carbocycles. The second-order valence-corrected chi connectivity index (χ2v) is 7.47. The molecule has 1 fully saturated rings. The van der Waals surface area contributed by atoms with Gasteiger partial charge in [0.1, 0.15) is 0 Å². The minimum absolute atomic E-state index is 0.232. The Hall–Kier alpha value is -1.75. The molecule has 0 unspecified atom stereocenters. The third kappa shape index (κ3) is 4.88. The first-order valence-corrected chi connectivity index (χ1v) is 9.51. The summed E-state index contributed by atoms with van der Waals surface area (Å²) in [5.74, 6) is 2.24. The Balaban J connectivity index is 1.62. The SMILES string of the molecule is CC(C)CN(Cc1cccc2c1OCO2)C(=O)CCN1CCCCC1. The number of hydrogen-bond donors (Lipinski definition) is 0. The van der Waals surface area contributed by atoms with E-state index in [9.17, 15) is 4.79 Å². The number of nitrogens with zero attached hydrogens (tertiary/aromatic N) is 2. The molecule has 1 amide bonds. The smallest absolute Gasteiger partial charge is 0.231 e. The summed E-state index contributed by atoms with van der Waals surface area (Å²) in [7, 11) is 0. The van der Waals surface area contributed by atoms with Crippen molar-refractivity contribution in [2.24, 2.45) is 5.92 Å². The van der Waals surface area contributed by atoms with Crippen LogP contribution in [0.25, 0.3) is 0 Å². The molecule has 5 heteroatoms. The fraction of sp³-hybridized carbons (Fsp3) is 0.650. The standard InChI is InChI=1S/C20H30N2O3/c1-16(2)13-22(19(23)9-12-21-10-4-3-5-11-21)14-17-7-6-8-18-20(17)25-15-24-18/h6-8,16H,3-5,9-15H2,1-2H3. The molecule has 0 atom stereocenters. The van der Waals surface area contributed by atoms with Gasteiger partial charge in [-0.3, -0.25) is 4.79 Å². The largest absolute Gasteiger partial charge is 0.454 e. The molecule has 0 bridgehead atoms. The average Bonchev–Trinajstić information content (AvgIpc) is 3.09. The van der Waals surface area contributed by atoms with Gasteiger partial charge in [0.05, 0.1) is 0 Å². The molecule has 25 heavy (non-hydrogen) atoms. The first-order chi connectivity index (χ1) is 12.1. The average molecular weight is 346 g/mol. The van der Waals surface area contributed by atoms with Gasteiger partial charge in [-0.05, 0) is 37.9 Å². The van der Waals surface area contributed by atoms with Gasteiger partial charge in [0.25, 0.3) is 0 Å². The highest BCUT2D eigenvalue weighted by Crippen LogP contribution is 2.36. The number of fused-ring (bicyclic) bond motifs is 1. The first-order valence-electron chi connectivity index (χ1n) is 9.51. The summed E-state index contributed by atoms with van der Waals surface area (Å²) in [6.07, 6.45) is 4.44. The van der Waals surface area contributed by atoms with Gasteiger partial charge in [-0.2, -0.15) is 0 Å². The molecule has 2 aliphatic heterocycles. The molecule has 0 radical (unpaired) electrons. The molecule has 0 saturated carbocycles. The molecule has 3 rings (SSSR count). The third-order valence-electron chi connectivity index (χ3n) is 4.87. The summed E-state index contributed by atoms with van der Waals surface area (Å²) in [6, 6.07) is 5.91. The van der Waals surface area contributed by atoms with E-state index in [0.29, 0.717) is 18.9 Å². The molecule has 138 valence electrons. The first kappa shape index (κ1) is 18.1. The number of rotatable bonds is 7. The van der Waals surface area contributed by atoms with Crippen LogP contribution in [0.4, 0.5) is 0 Å². The Bertz CT molecular complexity index is 582. The molecule has 0 aromatic heterocycles. The molecule has 2 heterocycles. The lowest BCUT2D eigenvalue weighted by molar-refractivity contribution is -0.132. The van der Waals surface area contributed by atoms with Crippen LogP contribution in [0, 0.1) is 5.92 Å². The van der Waals surface area contributed by atoms with Crippen molar-refractivity contribution >= 4 is 5.91 Å². The molecule has 1 aromatic rings. The van der Waals surface area contributed by atoms with Crippen molar-refractivity contribution in [1.29, 1.82) is 0 Å². The van der Waals surface area contributed by atoms with Crippen LogP contribution < -0.4 is 9.47 Å². The topological polar surface area (TPSA) is 42.0 Å². The van der Waals surface area contributed by atoms with Crippen LogP contribution in [0.5, 0.6) is 11.5 Å². The molecule has 1 saturated heterocycles. The Labute approximate surface area is 150 Å². The Morgan fingerprint density at radius 2 is 2.00 bits per heavy atom. The van der Waals surface area contributed by atoms with Crippen molar-refractivity contribution < 1.29 is 14.3 Å². The van der Waals surface area contributed by atoms with Gasteiger partial charge >= 0.3 is 0 Å². The van der Waals surface area contributed by atoms with Crippen LogP contribution >= 0.6 is 0 Å². The van der Waals surface area contributed by atoms with E-state index in [1.807, 2.05) is 23.1 Å². The predicted molar refractivity (Wildman–Crippen MR) is 97.7 cm³/mol. The highest BCUT2D eigenvalue weighted by Gasteiger charge is 2.22. The maximum absolute atomic E-state index is 12.9. The zero-order chi connectivity index (χ0) is 17.6. The lowest BCUT2D eigenvalue weighted by Crippen LogP contribution is -2.37. The Morgan fingerprint density at radius 1 is 1.20 bits per heavy atom. The summed E-state index contributed by atoms with van der Waals surface area (Å²) in [5.41, 5.74) is 1.03. The monoisotopic (exact) mass is 346 g/mol. The minimum Gasteiger partial charge on any atom is -0.454 e. The van der Waals surface area contributed by atoms with Crippen LogP contribution in [0.15, 0.2) is 18.2 Å². The van der Waals surface area contributed by atoms with E-state index in [4.69, 9.17) is 9.47 Å². The maximum atomic E-state index is 12.9. The molecule has 5 nitrogen and oxygen atoms in total. The predicted octanol–water partition coefficient (Wildman–Crippen LogP) is 3.28. The van der Waals surface area contributed by atoms with Crippen molar-refractivity contribution in [3.05, 3.63) is 23.8 Å². The highest BCUT2D eigenvalue weighted by molar-refractivity contribution is 5.76. The number of benzene rings is 1. The number of piperidine rings is 1. The van der Waals surface area contributed by atoms with Crippen LogP contribution in [0.3, 0.4) is 0 Å². The summed E-state index contributed by atoms with van der Waals surface area (Å²) in [5, 5.41) is 0. The fourth-order valence-corrected chi connectivity index (χ4v) is 3.61. The van der Waals surface area contributed by atoms with Gasteiger partial charge in [-0.15, -0.1) is 0 Å². The normalized spacial score (nSPS) is 17.1. The van der Waals surface area contributed by atoms with E-state index in [-0.39, 0.29) is 12.7 Å². The van der Waals surface area contributed by atoms with E-state index in [1.165, 1.54) is 19.3 Å². The molecule has 0 spiro atoms. The van der Waals surface area contributed by atoms with E-state index in [0.717, 1.165) is 43.2 Å². The highest BCUT2D eigenvalue weighted by atomic mass is 16.7. The van der Waals surface area contributed by atoms with Gasteiger partial charge < -0.3 is 19.3 Å². The number of likely N-dealkylation sites (tertiary alicyclic amines) is 1. The van der Waals surface area contributed by atoms with Gasteiger partial charge in [0.15, 0.2) is 11.5 Å². The summed E-state index contributed by atoms with van der Waals surface area (Å²) >= 11 is 0. The number of carbonyl (C=O) groups excluding carboxylic acids is 1. The number of hydrogen-bond acceptors (Lipinski definition) is 4. The quantitative estimate of drug-likeness (QED) is 0.760. The van der Waals surface area contributed by atoms with E-state index in [2.05, 4.69) is 18.7 Å². The second kappa shape index (κ2) is 8.56. The summed E-state index contributed by atoms with van der Waals surface area (Å²) in [4.78, 5) is 17.3. The van der Waals surface area contributed by atoms with E-state index in [1.54, 1.807) is 0 Å². The summed E-state index contributed by atoms with van der Waals surface area (Å²) in [6.45, 7) is 9.07. The van der Waals surface area contributed by atoms with Gasteiger partial charge in [0, 0.05) is 31.6 Å². The zero-order valence-corrected chi connectivity index (χ0v) is 15.5. The fourth-order valence-electron chi connectivity index (χ4n) is 3.61. The Kier molecular flexibility index (Phi) is 6.19. The third-order valence-corrected chi connectivity index (χ3v) is 4.87. The van der Waals surface area contributed by atoms with Crippen LogP contribution in [0.2, 0.25) is 0 Å².